The van der Waals surface area contributed by atoms with Crippen molar-refractivity contribution in [1.29, 1.82) is 0 Å². The first kappa shape index (κ1) is 14.4. The Kier molecular flexibility index (Phi) is 4.62. The van der Waals surface area contributed by atoms with E-state index in [0.717, 1.165) is 0 Å². The smallest absolute Gasteiger partial charge is 0.264 e. The van der Waals surface area contributed by atoms with Crippen LogP contribution in [-0.4, -0.2) is 34.4 Å². The number of hydrogen-bond acceptors (Lipinski definition) is 5. The summed E-state index contributed by atoms with van der Waals surface area (Å²) in [5.74, 6) is 0.890. The van der Waals surface area contributed by atoms with E-state index in [9.17, 15) is 8.78 Å². The number of aromatic nitrogens is 2. The monoisotopic (exact) mass is 284 g/mol. The molecule has 0 aliphatic heterocycles. The van der Waals surface area contributed by atoms with Gasteiger partial charge >= 0.3 is 0 Å². The van der Waals surface area contributed by atoms with Gasteiger partial charge in [0.25, 0.3) is 6.43 Å². The zero-order chi connectivity index (χ0) is 14.5. The van der Waals surface area contributed by atoms with Gasteiger partial charge in [0.15, 0.2) is 0 Å². The maximum absolute atomic E-state index is 12.2. The summed E-state index contributed by atoms with van der Waals surface area (Å²) in [6.07, 6.45) is -5.03. The Bertz CT molecular complexity index is 560. The molecule has 1 heterocycles. The van der Waals surface area contributed by atoms with Gasteiger partial charge in [-0.1, -0.05) is 17.3 Å². The van der Waals surface area contributed by atoms with E-state index < -0.39 is 12.5 Å². The number of aliphatic hydroxyl groups is 1. The summed E-state index contributed by atoms with van der Waals surface area (Å²) < 4.78 is 34.6. The molecule has 2 rings (SSSR count). The predicted molar refractivity (Wildman–Crippen MR) is 66.6 cm³/mol. The number of alkyl halides is 2. The number of rotatable bonds is 6. The lowest BCUT2D eigenvalue weighted by molar-refractivity contribution is -0.00754. The number of benzene rings is 1. The molecule has 1 atom stereocenters. The second kappa shape index (κ2) is 6.42. The van der Waals surface area contributed by atoms with Crippen molar-refractivity contribution < 1.29 is 23.1 Å². The highest BCUT2D eigenvalue weighted by Gasteiger charge is 2.21. The molecule has 0 saturated heterocycles. The maximum Gasteiger partial charge on any atom is 0.264 e. The van der Waals surface area contributed by atoms with Crippen molar-refractivity contribution in [3.05, 3.63) is 30.2 Å². The van der Waals surface area contributed by atoms with Gasteiger partial charge in [0, 0.05) is 5.56 Å². The quantitative estimate of drug-likeness (QED) is 0.881. The highest BCUT2D eigenvalue weighted by molar-refractivity contribution is 5.56. The summed E-state index contributed by atoms with van der Waals surface area (Å²) in [4.78, 5) is 3.98. The first-order valence-corrected chi connectivity index (χ1v) is 6.12. The Hall–Kier alpha value is -2.02. The van der Waals surface area contributed by atoms with Crippen LogP contribution in [0.25, 0.3) is 11.4 Å². The summed E-state index contributed by atoms with van der Waals surface area (Å²) in [7, 11) is 0. The Balaban J connectivity index is 2.14. The molecule has 1 aromatic carbocycles. The van der Waals surface area contributed by atoms with E-state index in [1.54, 1.807) is 24.3 Å². The maximum atomic E-state index is 12.2. The van der Waals surface area contributed by atoms with E-state index in [-0.39, 0.29) is 18.1 Å². The molecule has 108 valence electrons. The molecule has 2 aromatic rings. The molecule has 1 aromatic heterocycles. The second-order valence-electron chi connectivity index (χ2n) is 4.08. The standard InChI is InChI=1S/C13H14F2N2O3/c1-2-19-9-5-3-4-8(6-9)13-16-11(20-17-13)7-10(18)12(14)15/h3-6,10,12,18H,2,7H2,1H3. The van der Waals surface area contributed by atoms with Gasteiger partial charge in [-0.2, -0.15) is 4.98 Å². The van der Waals surface area contributed by atoms with E-state index >= 15 is 0 Å². The molecule has 1 unspecified atom stereocenters. The minimum absolute atomic E-state index is 0.0328. The molecule has 7 heteroatoms. The van der Waals surface area contributed by atoms with Crippen molar-refractivity contribution in [3.63, 3.8) is 0 Å². The van der Waals surface area contributed by atoms with Crippen molar-refractivity contribution >= 4 is 0 Å². The lowest BCUT2D eigenvalue weighted by Gasteiger charge is -2.04. The molecular weight excluding hydrogens is 270 g/mol. The van der Waals surface area contributed by atoms with Crippen molar-refractivity contribution in [1.82, 2.24) is 10.1 Å². The van der Waals surface area contributed by atoms with Crippen LogP contribution in [0.4, 0.5) is 8.78 Å². The fraction of sp³-hybridized carbons (Fsp3) is 0.385. The molecule has 0 aliphatic carbocycles. The minimum Gasteiger partial charge on any atom is -0.494 e. The average molecular weight is 284 g/mol. The van der Waals surface area contributed by atoms with E-state index in [2.05, 4.69) is 10.1 Å². The Morgan fingerprint density at radius 3 is 2.90 bits per heavy atom. The zero-order valence-corrected chi connectivity index (χ0v) is 10.8. The average Bonchev–Trinajstić information content (AvgIpc) is 2.88. The highest BCUT2D eigenvalue weighted by atomic mass is 19.3. The Morgan fingerprint density at radius 2 is 2.20 bits per heavy atom. The third-order valence-corrected chi connectivity index (χ3v) is 2.55. The first-order valence-electron chi connectivity index (χ1n) is 6.12. The van der Waals surface area contributed by atoms with Gasteiger partial charge < -0.3 is 14.4 Å². The predicted octanol–water partition coefficient (Wildman–Crippen LogP) is 2.30. The number of halogens is 2. The van der Waals surface area contributed by atoms with Crippen LogP contribution in [0.1, 0.15) is 12.8 Å². The fourth-order valence-corrected chi connectivity index (χ4v) is 1.61. The molecular formula is C13H14F2N2O3. The SMILES string of the molecule is CCOc1cccc(-c2noc(CC(O)C(F)F)n2)c1. The number of ether oxygens (including phenoxy) is 1. The van der Waals surface area contributed by atoms with Gasteiger partial charge in [0.2, 0.25) is 11.7 Å². The topological polar surface area (TPSA) is 68.4 Å². The summed E-state index contributed by atoms with van der Waals surface area (Å²) in [5, 5.41) is 12.8. The van der Waals surface area contributed by atoms with E-state index in [1.165, 1.54) is 0 Å². The van der Waals surface area contributed by atoms with Crippen molar-refractivity contribution in [2.24, 2.45) is 0 Å². The van der Waals surface area contributed by atoms with Gasteiger partial charge in [-0.15, -0.1) is 0 Å². The van der Waals surface area contributed by atoms with E-state index in [4.69, 9.17) is 14.4 Å². The van der Waals surface area contributed by atoms with Crippen molar-refractivity contribution in [3.8, 4) is 17.1 Å². The number of nitrogens with zero attached hydrogens (tertiary/aromatic N) is 2. The van der Waals surface area contributed by atoms with Gasteiger partial charge in [-0.25, -0.2) is 8.78 Å². The van der Waals surface area contributed by atoms with Gasteiger partial charge in [-0.3, -0.25) is 0 Å². The lowest BCUT2D eigenvalue weighted by atomic mass is 10.2. The number of aliphatic hydroxyl groups excluding tert-OH is 1. The van der Waals surface area contributed by atoms with Crippen molar-refractivity contribution in [2.45, 2.75) is 25.9 Å². The van der Waals surface area contributed by atoms with Gasteiger partial charge in [0.1, 0.15) is 11.9 Å². The minimum atomic E-state index is -2.84. The lowest BCUT2D eigenvalue weighted by Crippen LogP contribution is -2.20. The second-order valence-corrected chi connectivity index (χ2v) is 4.08. The molecule has 20 heavy (non-hydrogen) atoms. The highest BCUT2D eigenvalue weighted by Crippen LogP contribution is 2.22. The third kappa shape index (κ3) is 3.51. The Morgan fingerprint density at radius 1 is 1.40 bits per heavy atom. The molecule has 0 radical (unpaired) electrons. The largest absolute Gasteiger partial charge is 0.494 e. The Labute approximate surface area is 114 Å². The van der Waals surface area contributed by atoms with Crippen LogP contribution in [0.5, 0.6) is 5.75 Å². The van der Waals surface area contributed by atoms with Crippen LogP contribution >= 0.6 is 0 Å². The van der Waals surface area contributed by atoms with Crippen molar-refractivity contribution in [2.75, 3.05) is 6.61 Å². The number of hydrogen-bond donors (Lipinski definition) is 1. The van der Waals surface area contributed by atoms with Gasteiger partial charge in [0.05, 0.1) is 13.0 Å². The molecule has 0 aliphatic rings. The van der Waals surface area contributed by atoms with Crippen LogP contribution in [0.2, 0.25) is 0 Å². The zero-order valence-electron chi connectivity index (χ0n) is 10.8. The molecule has 0 saturated carbocycles. The summed E-state index contributed by atoms with van der Waals surface area (Å²) in [5.41, 5.74) is 0.650. The van der Waals surface area contributed by atoms with E-state index in [1.807, 2.05) is 6.92 Å². The normalized spacial score (nSPS) is 12.7. The molecule has 5 nitrogen and oxygen atoms in total. The summed E-state index contributed by atoms with van der Waals surface area (Å²) in [6.45, 7) is 2.40. The van der Waals surface area contributed by atoms with Crippen LogP contribution in [-0.2, 0) is 6.42 Å². The van der Waals surface area contributed by atoms with Crippen LogP contribution in [0.3, 0.4) is 0 Å². The molecule has 1 N–H and O–H groups in total. The fourth-order valence-electron chi connectivity index (χ4n) is 1.61. The summed E-state index contributed by atoms with van der Waals surface area (Å²) >= 11 is 0. The molecule has 0 amide bonds. The van der Waals surface area contributed by atoms with Crippen LogP contribution in [0.15, 0.2) is 28.8 Å². The molecule has 0 bridgehead atoms. The van der Waals surface area contributed by atoms with Crippen LogP contribution in [0, 0.1) is 0 Å². The summed E-state index contributed by atoms with van der Waals surface area (Å²) in [6, 6.07) is 7.03. The van der Waals surface area contributed by atoms with E-state index in [0.29, 0.717) is 17.9 Å². The molecule has 0 spiro atoms. The van der Waals surface area contributed by atoms with Crippen LogP contribution < -0.4 is 4.74 Å². The first-order chi connectivity index (χ1) is 9.60. The van der Waals surface area contributed by atoms with Gasteiger partial charge in [-0.05, 0) is 19.1 Å². The molecule has 0 fully saturated rings. The third-order valence-electron chi connectivity index (χ3n) is 2.55.